The fourth-order valence-electron chi connectivity index (χ4n) is 3.58. The van der Waals surface area contributed by atoms with Crippen LogP contribution in [0.1, 0.15) is 56.6 Å². The van der Waals surface area contributed by atoms with Crippen LogP contribution in [0.15, 0.2) is 60.7 Å². The molecule has 3 aromatic rings. The summed E-state index contributed by atoms with van der Waals surface area (Å²) < 4.78 is 0. The van der Waals surface area contributed by atoms with Gasteiger partial charge < -0.3 is 15.5 Å². The molecule has 1 atom stereocenters. The van der Waals surface area contributed by atoms with Gasteiger partial charge in [-0.3, -0.25) is 4.79 Å². The molecule has 6 heteroatoms. The molecular weight excluding hydrogens is 410 g/mol. The predicted molar refractivity (Wildman–Crippen MR) is 137 cm³/mol. The number of carbonyl (C=O) groups is 1. The first-order valence-electron chi connectivity index (χ1n) is 11.5. The largest absolute Gasteiger partial charge is 0.367 e. The van der Waals surface area contributed by atoms with Gasteiger partial charge in [0.25, 0.3) is 5.91 Å². The van der Waals surface area contributed by atoms with Crippen LogP contribution in [0.2, 0.25) is 0 Å². The van der Waals surface area contributed by atoms with Crippen molar-refractivity contribution in [1.29, 1.82) is 0 Å². The average molecular weight is 446 g/mol. The molecule has 1 aromatic heterocycles. The Balaban J connectivity index is 1.97. The van der Waals surface area contributed by atoms with Crippen molar-refractivity contribution in [1.82, 2.24) is 9.97 Å². The summed E-state index contributed by atoms with van der Waals surface area (Å²) in [4.78, 5) is 24.2. The van der Waals surface area contributed by atoms with E-state index in [1.54, 1.807) is 18.0 Å². The molecule has 1 heterocycles. The Morgan fingerprint density at radius 2 is 1.70 bits per heavy atom. The van der Waals surface area contributed by atoms with E-state index in [1.165, 1.54) is 5.56 Å². The molecule has 174 valence electrons. The Morgan fingerprint density at radius 1 is 1.03 bits per heavy atom. The summed E-state index contributed by atoms with van der Waals surface area (Å²) in [7, 11) is 1.76. The SMILES string of the molecule is CCCC(Nc1cc(C(=O)N(C)c2ccccc2)nc(Nc2ccc(C)cc2)n1)C(C)(C)C. The lowest BCUT2D eigenvalue weighted by atomic mass is 9.84. The predicted octanol–water partition coefficient (Wildman–Crippen LogP) is 6.43. The maximum Gasteiger partial charge on any atom is 0.276 e. The molecule has 0 aliphatic heterocycles. The van der Waals surface area contributed by atoms with Crippen LogP contribution in [0.3, 0.4) is 0 Å². The normalized spacial score (nSPS) is 12.2. The molecule has 0 saturated heterocycles. The lowest BCUT2D eigenvalue weighted by molar-refractivity contribution is 0.0988. The maximum absolute atomic E-state index is 13.3. The second-order valence-electron chi connectivity index (χ2n) is 9.50. The smallest absolute Gasteiger partial charge is 0.276 e. The van der Waals surface area contributed by atoms with Crippen molar-refractivity contribution in [3.8, 4) is 0 Å². The Bertz CT molecular complexity index is 1060. The van der Waals surface area contributed by atoms with E-state index < -0.39 is 0 Å². The van der Waals surface area contributed by atoms with Gasteiger partial charge in [0.15, 0.2) is 0 Å². The maximum atomic E-state index is 13.3. The molecule has 0 radical (unpaired) electrons. The summed E-state index contributed by atoms with van der Waals surface area (Å²) in [6.07, 6.45) is 2.05. The van der Waals surface area contributed by atoms with E-state index in [0.29, 0.717) is 17.5 Å². The molecule has 33 heavy (non-hydrogen) atoms. The van der Waals surface area contributed by atoms with Crippen molar-refractivity contribution >= 4 is 29.0 Å². The Morgan fingerprint density at radius 3 is 2.30 bits per heavy atom. The average Bonchev–Trinajstić information content (AvgIpc) is 2.79. The fourth-order valence-corrected chi connectivity index (χ4v) is 3.58. The van der Waals surface area contributed by atoms with Gasteiger partial charge in [0, 0.05) is 30.5 Å². The van der Waals surface area contributed by atoms with Gasteiger partial charge in [-0.1, -0.05) is 70.0 Å². The summed E-state index contributed by atoms with van der Waals surface area (Å²) in [5, 5.41) is 6.82. The highest BCUT2D eigenvalue weighted by atomic mass is 16.2. The third-order valence-corrected chi connectivity index (χ3v) is 5.65. The molecule has 6 nitrogen and oxygen atoms in total. The number of carbonyl (C=O) groups excluding carboxylic acids is 1. The third-order valence-electron chi connectivity index (χ3n) is 5.65. The number of nitrogens with zero attached hydrogens (tertiary/aromatic N) is 3. The number of aryl methyl sites for hydroxylation is 1. The second kappa shape index (κ2) is 10.5. The van der Waals surface area contributed by atoms with Crippen LogP contribution in [0.25, 0.3) is 0 Å². The lowest BCUT2D eigenvalue weighted by Crippen LogP contribution is -2.34. The molecule has 0 aliphatic rings. The number of aromatic nitrogens is 2. The fraction of sp³-hybridized carbons (Fsp3) is 0.370. The van der Waals surface area contributed by atoms with Gasteiger partial charge in [0.1, 0.15) is 11.5 Å². The number of hydrogen-bond donors (Lipinski definition) is 2. The zero-order valence-electron chi connectivity index (χ0n) is 20.5. The van der Waals surface area contributed by atoms with E-state index in [4.69, 9.17) is 4.98 Å². The van der Waals surface area contributed by atoms with Crippen molar-refractivity contribution in [2.24, 2.45) is 5.41 Å². The van der Waals surface area contributed by atoms with Gasteiger partial charge in [0.05, 0.1) is 0 Å². The van der Waals surface area contributed by atoms with Crippen LogP contribution in [-0.2, 0) is 0 Å². The van der Waals surface area contributed by atoms with Crippen LogP contribution in [0, 0.1) is 12.3 Å². The number of anilines is 4. The summed E-state index contributed by atoms with van der Waals surface area (Å²) in [6.45, 7) is 10.8. The minimum Gasteiger partial charge on any atom is -0.367 e. The standard InChI is InChI=1S/C27H35N5O/c1-7-11-23(27(3,4)5)30-24-18-22(25(33)32(6)21-12-9-8-10-13-21)29-26(31-24)28-20-16-14-19(2)15-17-20/h8-10,12-18,23H,7,11H2,1-6H3,(H2,28,29,30,31). The molecule has 3 rings (SSSR count). The molecule has 0 saturated carbocycles. The third kappa shape index (κ3) is 6.54. The van der Waals surface area contributed by atoms with Crippen LogP contribution in [-0.4, -0.2) is 29.0 Å². The highest BCUT2D eigenvalue weighted by Gasteiger charge is 2.25. The minimum atomic E-state index is -0.193. The highest BCUT2D eigenvalue weighted by Crippen LogP contribution is 2.27. The number of para-hydroxylation sites is 1. The van der Waals surface area contributed by atoms with Gasteiger partial charge in [-0.15, -0.1) is 0 Å². The van der Waals surface area contributed by atoms with E-state index in [1.807, 2.05) is 61.5 Å². The van der Waals surface area contributed by atoms with Crippen molar-refractivity contribution in [2.75, 3.05) is 22.6 Å². The van der Waals surface area contributed by atoms with Gasteiger partial charge >= 0.3 is 0 Å². The lowest BCUT2D eigenvalue weighted by Gasteiger charge is -2.32. The molecule has 0 aliphatic carbocycles. The molecule has 1 amide bonds. The van der Waals surface area contributed by atoms with E-state index in [-0.39, 0.29) is 17.4 Å². The first kappa shape index (κ1) is 24.2. The summed E-state index contributed by atoms with van der Waals surface area (Å²) in [5.41, 5.74) is 3.22. The van der Waals surface area contributed by atoms with Crippen molar-refractivity contribution in [3.63, 3.8) is 0 Å². The molecular formula is C27H35N5O. The zero-order valence-corrected chi connectivity index (χ0v) is 20.5. The van der Waals surface area contributed by atoms with Crippen LogP contribution in [0.5, 0.6) is 0 Å². The van der Waals surface area contributed by atoms with Gasteiger partial charge in [0.2, 0.25) is 5.95 Å². The molecule has 2 N–H and O–H groups in total. The number of rotatable bonds is 8. The first-order valence-corrected chi connectivity index (χ1v) is 11.5. The monoisotopic (exact) mass is 445 g/mol. The molecule has 2 aromatic carbocycles. The van der Waals surface area contributed by atoms with Crippen molar-refractivity contribution < 1.29 is 4.79 Å². The van der Waals surface area contributed by atoms with E-state index in [9.17, 15) is 4.79 Å². The summed E-state index contributed by atoms with van der Waals surface area (Å²) in [5.74, 6) is 0.831. The molecule has 0 bridgehead atoms. The van der Waals surface area contributed by atoms with Gasteiger partial charge in [-0.05, 0) is 43.0 Å². The van der Waals surface area contributed by atoms with E-state index in [0.717, 1.165) is 24.2 Å². The minimum absolute atomic E-state index is 0.0382. The summed E-state index contributed by atoms with van der Waals surface area (Å²) in [6, 6.07) is 19.5. The summed E-state index contributed by atoms with van der Waals surface area (Å²) >= 11 is 0. The van der Waals surface area contributed by atoms with E-state index in [2.05, 4.69) is 43.3 Å². The molecule has 0 fully saturated rings. The number of hydrogen-bond acceptors (Lipinski definition) is 5. The van der Waals surface area contributed by atoms with E-state index >= 15 is 0 Å². The van der Waals surface area contributed by atoms with Crippen molar-refractivity contribution in [3.05, 3.63) is 71.9 Å². The van der Waals surface area contributed by atoms with Crippen LogP contribution < -0.4 is 15.5 Å². The number of benzene rings is 2. The second-order valence-corrected chi connectivity index (χ2v) is 9.50. The Hall–Kier alpha value is -3.41. The Kier molecular flexibility index (Phi) is 7.69. The quantitative estimate of drug-likeness (QED) is 0.418. The molecule has 1 unspecified atom stereocenters. The zero-order chi connectivity index (χ0) is 24.0. The number of amides is 1. The number of nitrogens with one attached hydrogen (secondary N) is 2. The van der Waals surface area contributed by atoms with Crippen LogP contribution >= 0.6 is 0 Å². The topological polar surface area (TPSA) is 70.2 Å². The Labute approximate surface area is 197 Å². The first-order chi connectivity index (χ1) is 15.7. The highest BCUT2D eigenvalue weighted by molar-refractivity contribution is 6.05. The van der Waals surface area contributed by atoms with Crippen LogP contribution in [0.4, 0.5) is 23.1 Å². The van der Waals surface area contributed by atoms with Crippen molar-refractivity contribution in [2.45, 2.75) is 53.5 Å². The molecule has 0 spiro atoms. The van der Waals surface area contributed by atoms with Gasteiger partial charge in [-0.2, -0.15) is 4.98 Å². The van der Waals surface area contributed by atoms with Gasteiger partial charge in [-0.25, -0.2) is 4.98 Å².